The lowest BCUT2D eigenvalue weighted by Crippen LogP contribution is -2.38. The SMILES string of the molecule is O=C(c1cccc(S(=O)(=O)NC2CCCC2)c1)N1CCC(c2nc3ccccc3[nH]2)CC1. The summed E-state index contributed by atoms with van der Waals surface area (Å²) in [5, 5.41) is 0. The molecule has 5 rings (SSSR count). The minimum Gasteiger partial charge on any atom is -0.342 e. The molecule has 2 heterocycles. The third-order valence-corrected chi connectivity index (χ3v) is 8.16. The van der Waals surface area contributed by atoms with Crippen LogP contribution in [0.1, 0.15) is 60.6 Å². The molecule has 7 nitrogen and oxygen atoms in total. The number of para-hydroxylation sites is 2. The molecule has 8 heteroatoms. The highest BCUT2D eigenvalue weighted by Gasteiger charge is 2.28. The van der Waals surface area contributed by atoms with Crippen LogP contribution in [-0.4, -0.2) is 48.3 Å². The van der Waals surface area contributed by atoms with Crippen LogP contribution in [-0.2, 0) is 10.0 Å². The van der Waals surface area contributed by atoms with Gasteiger partial charge >= 0.3 is 0 Å². The Morgan fingerprint density at radius 1 is 1.00 bits per heavy atom. The number of hydrogen-bond donors (Lipinski definition) is 2. The first-order valence-corrected chi connectivity index (χ1v) is 12.8. The van der Waals surface area contributed by atoms with Crippen molar-refractivity contribution in [3.05, 3.63) is 59.9 Å². The Balaban J connectivity index is 1.25. The number of piperidine rings is 1. The van der Waals surface area contributed by atoms with Crippen molar-refractivity contribution in [3.8, 4) is 0 Å². The zero-order chi connectivity index (χ0) is 22.1. The van der Waals surface area contributed by atoms with Gasteiger partial charge in [0.25, 0.3) is 5.91 Å². The van der Waals surface area contributed by atoms with Gasteiger partial charge in [-0.3, -0.25) is 4.79 Å². The topological polar surface area (TPSA) is 95.2 Å². The lowest BCUT2D eigenvalue weighted by Gasteiger charge is -2.31. The number of fused-ring (bicyclic) bond motifs is 1. The average Bonchev–Trinajstić information content (AvgIpc) is 3.48. The molecule has 1 aliphatic heterocycles. The third kappa shape index (κ3) is 4.29. The molecule has 1 saturated carbocycles. The number of H-pyrrole nitrogens is 1. The first-order valence-electron chi connectivity index (χ1n) is 11.4. The Labute approximate surface area is 188 Å². The summed E-state index contributed by atoms with van der Waals surface area (Å²) in [6.07, 6.45) is 5.50. The molecular formula is C24H28N4O3S. The number of amides is 1. The molecule has 2 aromatic carbocycles. The Hall–Kier alpha value is -2.71. The predicted octanol–water partition coefficient (Wildman–Crippen LogP) is 3.80. The Kier molecular flexibility index (Phi) is 5.73. The molecular weight excluding hydrogens is 424 g/mol. The van der Waals surface area contributed by atoms with Crippen LogP contribution in [0.15, 0.2) is 53.4 Å². The summed E-state index contributed by atoms with van der Waals surface area (Å²) in [5.74, 6) is 1.14. The van der Waals surface area contributed by atoms with E-state index in [0.29, 0.717) is 18.7 Å². The zero-order valence-electron chi connectivity index (χ0n) is 18.0. The van der Waals surface area contributed by atoms with Crippen molar-refractivity contribution in [1.29, 1.82) is 0 Å². The normalized spacial score (nSPS) is 18.4. The maximum Gasteiger partial charge on any atom is 0.253 e. The molecule has 1 amide bonds. The summed E-state index contributed by atoms with van der Waals surface area (Å²) in [6, 6.07) is 14.4. The van der Waals surface area contributed by atoms with Crippen LogP contribution in [0.4, 0.5) is 0 Å². The quantitative estimate of drug-likeness (QED) is 0.615. The van der Waals surface area contributed by atoms with Gasteiger partial charge < -0.3 is 9.88 Å². The number of aromatic nitrogens is 2. The van der Waals surface area contributed by atoms with Gasteiger partial charge in [0.1, 0.15) is 5.82 Å². The van der Waals surface area contributed by atoms with E-state index in [2.05, 4.69) is 9.71 Å². The van der Waals surface area contributed by atoms with Gasteiger partial charge in [0, 0.05) is 30.6 Å². The number of imidazole rings is 1. The number of aromatic amines is 1. The monoisotopic (exact) mass is 452 g/mol. The summed E-state index contributed by atoms with van der Waals surface area (Å²) in [5.41, 5.74) is 2.41. The van der Waals surface area contributed by atoms with Crippen molar-refractivity contribution in [2.24, 2.45) is 0 Å². The number of benzene rings is 2. The van der Waals surface area contributed by atoms with Crippen LogP contribution in [0.5, 0.6) is 0 Å². The van der Waals surface area contributed by atoms with E-state index >= 15 is 0 Å². The highest BCUT2D eigenvalue weighted by Crippen LogP contribution is 2.29. The molecule has 2 N–H and O–H groups in total. The van der Waals surface area contributed by atoms with Crippen LogP contribution in [0.2, 0.25) is 0 Å². The standard InChI is InChI=1S/C24H28N4O3S/c29-24(18-6-5-9-20(16-18)32(30,31)27-19-7-1-2-8-19)28-14-12-17(13-15-28)23-25-21-10-3-4-11-22(21)26-23/h3-6,9-11,16-17,19,27H,1-2,7-8,12-15H2,(H,25,26). The number of hydrogen-bond acceptors (Lipinski definition) is 4. The summed E-state index contributed by atoms with van der Waals surface area (Å²) in [6.45, 7) is 1.25. The smallest absolute Gasteiger partial charge is 0.253 e. The Morgan fingerprint density at radius 3 is 2.50 bits per heavy atom. The molecule has 2 fully saturated rings. The molecule has 1 aliphatic carbocycles. The zero-order valence-corrected chi connectivity index (χ0v) is 18.8. The molecule has 1 aromatic heterocycles. The fourth-order valence-corrected chi connectivity index (χ4v) is 6.18. The minimum atomic E-state index is -3.62. The second kappa shape index (κ2) is 8.67. The molecule has 0 atom stereocenters. The lowest BCUT2D eigenvalue weighted by molar-refractivity contribution is 0.0711. The molecule has 0 unspecified atom stereocenters. The highest BCUT2D eigenvalue weighted by atomic mass is 32.2. The summed E-state index contributed by atoms with van der Waals surface area (Å²) in [7, 11) is -3.62. The van der Waals surface area contributed by atoms with Gasteiger partial charge in [0.05, 0.1) is 15.9 Å². The number of carbonyl (C=O) groups excluding carboxylic acids is 1. The van der Waals surface area contributed by atoms with Crippen molar-refractivity contribution in [1.82, 2.24) is 19.6 Å². The number of carbonyl (C=O) groups is 1. The molecule has 168 valence electrons. The largest absolute Gasteiger partial charge is 0.342 e. The van der Waals surface area contributed by atoms with Gasteiger partial charge in [-0.2, -0.15) is 0 Å². The summed E-state index contributed by atoms with van der Waals surface area (Å²) >= 11 is 0. The molecule has 1 saturated heterocycles. The van der Waals surface area contributed by atoms with Gasteiger partial charge in [-0.1, -0.05) is 31.0 Å². The Bertz CT molecular complexity index is 1190. The van der Waals surface area contributed by atoms with E-state index in [1.807, 2.05) is 29.2 Å². The fraction of sp³-hybridized carbons (Fsp3) is 0.417. The van der Waals surface area contributed by atoms with Crippen LogP contribution in [0.25, 0.3) is 11.0 Å². The first kappa shape index (κ1) is 21.2. The molecule has 32 heavy (non-hydrogen) atoms. The summed E-state index contributed by atoms with van der Waals surface area (Å²) in [4.78, 5) is 23.2. The number of nitrogens with zero attached hydrogens (tertiary/aromatic N) is 2. The van der Waals surface area contributed by atoms with Crippen LogP contribution in [0, 0.1) is 0 Å². The van der Waals surface area contributed by atoms with Gasteiger partial charge in [-0.05, 0) is 56.0 Å². The van der Waals surface area contributed by atoms with Gasteiger partial charge in [0.2, 0.25) is 10.0 Å². The second-order valence-corrected chi connectivity index (χ2v) is 10.6. The maximum absolute atomic E-state index is 13.1. The van der Waals surface area contributed by atoms with Crippen molar-refractivity contribution >= 4 is 27.0 Å². The van der Waals surface area contributed by atoms with E-state index in [1.165, 1.54) is 6.07 Å². The van der Waals surface area contributed by atoms with Gasteiger partial charge in [-0.25, -0.2) is 18.1 Å². The molecule has 0 radical (unpaired) electrons. The van der Waals surface area contributed by atoms with Crippen molar-refractivity contribution in [3.63, 3.8) is 0 Å². The van der Waals surface area contributed by atoms with Crippen LogP contribution in [0.3, 0.4) is 0 Å². The van der Waals surface area contributed by atoms with Crippen LogP contribution < -0.4 is 4.72 Å². The molecule has 3 aromatic rings. The molecule has 2 aliphatic rings. The van der Waals surface area contributed by atoms with Gasteiger partial charge in [-0.15, -0.1) is 0 Å². The van der Waals surface area contributed by atoms with E-state index in [-0.39, 0.29) is 22.8 Å². The van der Waals surface area contributed by atoms with E-state index in [1.54, 1.807) is 18.2 Å². The minimum absolute atomic E-state index is 0.00312. The van der Waals surface area contributed by atoms with Crippen molar-refractivity contribution in [2.45, 2.75) is 55.4 Å². The van der Waals surface area contributed by atoms with Crippen molar-refractivity contribution in [2.75, 3.05) is 13.1 Å². The van der Waals surface area contributed by atoms with Gasteiger partial charge in [0.15, 0.2) is 0 Å². The maximum atomic E-state index is 13.1. The van der Waals surface area contributed by atoms with Crippen LogP contribution >= 0.6 is 0 Å². The molecule has 0 spiro atoms. The number of nitrogens with one attached hydrogen (secondary N) is 2. The van der Waals surface area contributed by atoms with E-state index in [9.17, 15) is 13.2 Å². The van der Waals surface area contributed by atoms with E-state index in [4.69, 9.17) is 4.98 Å². The number of likely N-dealkylation sites (tertiary alicyclic amines) is 1. The number of sulfonamides is 1. The Morgan fingerprint density at radius 2 is 1.75 bits per heavy atom. The third-order valence-electron chi connectivity index (χ3n) is 6.64. The highest BCUT2D eigenvalue weighted by molar-refractivity contribution is 7.89. The second-order valence-electron chi connectivity index (χ2n) is 8.84. The van der Waals surface area contributed by atoms with E-state index in [0.717, 1.165) is 55.4 Å². The lowest BCUT2D eigenvalue weighted by atomic mass is 9.95. The number of rotatable bonds is 5. The van der Waals surface area contributed by atoms with Crippen molar-refractivity contribution < 1.29 is 13.2 Å². The summed E-state index contributed by atoms with van der Waals surface area (Å²) < 4.78 is 28.3. The predicted molar refractivity (Wildman–Crippen MR) is 123 cm³/mol. The first-order chi connectivity index (χ1) is 15.5. The average molecular weight is 453 g/mol. The fourth-order valence-electron chi connectivity index (χ4n) is 4.83. The molecule has 0 bridgehead atoms. The van der Waals surface area contributed by atoms with E-state index < -0.39 is 10.0 Å².